The van der Waals surface area contributed by atoms with Crippen molar-refractivity contribution in [3.05, 3.63) is 164 Å². The van der Waals surface area contributed by atoms with Crippen molar-refractivity contribution in [1.82, 2.24) is 0 Å². The minimum absolute atomic E-state index is 1.13. The maximum atomic E-state index is 2.28. The molecule has 0 amide bonds. The largest absolute Gasteiger partial charge is 0.345 e. The zero-order chi connectivity index (χ0) is 26.4. The molecule has 0 N–H and O–H groups in total. The third-order valence-electron chi connectivity index (χ3n) is 7.10. The molecule has 0 aromatic heterocycles. The lowest BCUT2D eigenvalue weighted by Gasteiger charge is -2.25. The second kappa shape index (κ2) is 11.1. The lowest BCUT2D eigenvalue weighted by Crippen LogP contribution is -2.09. The monoisotopic (exact) mass is 502 g/mol. The SMILES string of the molecule is CN(c1ccc(-c2ccccc2)cc1)c1ccc(-c2ccc(N(c3ccccc3)c3ccccc3)cc2)cc1. The Labute approximate surface area is 231 Å². The lowest BCUT2D eigenvalue weighted by atomic mass is 10.0. The van der Waals surface area contributed by atoms with Crippen LogP contribution in [0.2, 0.25) is 0 Å². The highest BCUT2D eigenvalue weighted by molar-refractivity contribution is 5.79. The number of benzene rings is 6. The molecule has 0 saturated carbocycles. The molecule has 0 heterocycles. The summed E-state index contributed by atoms with van der Waals surface area (Å²) in [7, 11) is 2.11. The number of nitrogens with zero attached hydrogens (tertiary/aromatic N) is 2. The lowest BCUT2D eigenvalue weighted by molar-refractivity contribution is 1.21. The van der Waals surface area contributed by atoms with E-state index in [1.165, 1.54) is 22.3 Å². The van der Waals surface area contributed by atoms with Crippen LogP contribution in [0.3, 0.4) is 0 Å². The summed E-state index contributed by atoms with van der Waals surface area (Å²) in [5, 5.41) is 0. The van der Waals surface area contributed by atoms with E-state index in [1.807, 2.05) is 6.07 Å². The topological polar surface area (TPSA) is 6.48 Å². The summed E-state index contributed by atoms with van der Waals surface area (Å²) in [6, 6.07) is 57.8. The highest BCUT2D eigenvalue weighted by Crippen LogP contribution is 2.36. The van der Waals surface area contributed by atoms with E-state index in [1.54, 1.807) is 0 Å². The minimum atomic E-state index is 1.13. The second-order valence-electron chi connectivity index (χ2n) is 9.57. The van der Waals surface area contributed by atoms with Crippen molar-refractivity contribution in [2.45, 2.75) is 0 Å². The van der Waals surface area contributed by atoms with Crippen LogP contribution in [0, 0.1) is 0 Å². The van der Waals surface area contributed by atoms with Crippen LogP contribution in [-0.4, -0.2) is 7.05 Å². The zero-order valence-electron chi connectivity index (χ0n) is 22.0. The highest BCUT2D eigenvalue weighted by Gasteiger charge is 2.12. The molecule has 39 heavy (non-hydrogen) atoms. The van der Waals surface area contributed by atoms with E-state index in [4.69, 9.17) is 0 Å². The maximum Gasteiger partial charge on any atom is 0.0462 e. The van der Waals surface area contributed by atoms with Crippen LogP contribution in [0.5, 0.6) is 0 Å². The predicted octanol–water partition coefficient (Wildman–Crippen LogP) is 10.3. The highest BCUT2D eigenvalue weighted by atomic mass is 15.1. The van der Waals surface area contributed by atoms with Crippen LogP contribution in [-0.2, 0) is 0 Å². The Hall–Kier alpha value is -5.08. The molecule has 0 aliphatic rings. The first kappa shape index (κ1) is 24.3. The van der Waals surface area contributed by atoms with Gasteiger partial charge in [-0.3, -0.25) is 0 Å². The summed E-state index contributed by atoms with van der Waals surface area (Å²) < 4.78 is 0. The van der Waals surface area contributed by atoms with E-state index >= 15 is 0 Å². The summed E-state index contributed by atoms with van der Waals surface area (Å²) in [5.74, 6) is 0. The van der Waals surface area contributed by atoms with Gasteiger partial charge in [-0.2, -0.15) is 0 Å². The van der Waals surface area contributed by atoms with E-state index in [0.29, 0.717) is 0 Å². The Morgan fingerprint density at radius 2 is 0.564 bits per heavy atom. The fourth-order valence-electron chi connectivity index (χ4n) is 4.94. The molecule has 2 nitrogen and oxygen atoms in total. The van der Waals surface area contributed by atoms with Gasteiger partial charge in [0.15, 0.2) is 0 Å². The average Bonchev–Trinajstić information content (AvgIpc) is 3.03. The standard InChI is InChI=1S/C37H30N2/c1-38(33-23-17-30(18-24-33)29-11-5-2-6-12-29)34-25-19-31(20-26-34)32-21-27-37(28-22-32)39(35-13-7-3-8-14-35)36-15-9-4-10-16-36/h2-28H,1H3. The molecule has 0 aliphatic heterocycles. The second-order valence-corrected chi connectivity index (χ2v) is 9.57. The molecule has 6 aromatic carbocycles. The van der Waals surface area contributed by atoms with Gasteiger partial charge < -0.3 is 9.80 Å². The zero-order valence-corrected chi connectivity index (χ0v) is 22.0. The van der Waals surface area contributed by atoms with Crippen molar-refractivity contribution in [3.63, 3.8) is 0 Å². The van der Waals surface area contributed by atoms with Gasteiger partial charge in [0.25, 0.3) is 0 Å². The molecular weight excluding hydrogens is 472 g/mol. The van der Waals surface area contributed by atoms with Gasteiger partial charge in [-0.1, -0.05) is 103 Å². The summed E-state index contributed by atoms with van der Waals surface area (Å²) in [4.78, 5) is 4.50. The van der Waals surface area contributed by atoms with Crippen molar-refractivity contribution >= 4 is 28.4 Å². The van der Waals surface area contributed by atoms with Crippen molar-refractivity contribution in [1.29, 1.82) is 0 Å². The number of para-hydroxylation sites is 2. The van der Waals surface area contributed by atoms with Crippen LogP contribution in [0.1, 0.15) is 0 Å². The van der Waals surface area contributed by atoms with Gasteiger partial charge in [0.1, 0.15) is 0 Å². The number of hydrogen-bond donors (Lipinski definition) is 0. The first-order chi connectivity index (χ1) is 19.3. The van der Waals surface area contributed by atoms with Gasteiger partial charge in [-0.15, -0.1) is 0 Å². The quantitative estimate of drug-likeness (QED) is 0.214. The van der Waals surface area contributed by atoms with Crippen molar-refractivity contribution in [2.75, 3.05) is 16.8 Å². The number of hydrogen-bond acceptors (Lipinski definition) is 2. The fourth-order valence-corrected chi connectivity index (χ4v) is 4.94. The molecule has 0 aliphatic carbocycles. The molecule has 2 heteroatoms. The van der Waals surface area contributed by atoms with Crippen LogP contribution in [0.4, 0.5) is 28.4 Å². The van der Waals surface area contributed by atoms with Crippen molar-refractivity contribution in [2.24, 2.45) is 0 Å². The molecule has 0 spiro atoms. The Kier molecular flexibility index (Phi) is 6.92. The van der Waals surface area contributed by atoms with Crippen LogP contribution in [0.25, 0.3) is 22.3 Å². The van der Waals surface area contributed by atoms with Gasteiger partial charge in [-0.25, -0.2) is 0 Å². The molecule has 0 unspecified atom stereocenters. The molecule has 6 aromatic rings. The Balaban J connectivity index is 1.21. The molecule has 0 fully saturated rings. The molecule has 0 radical (unpaired) electrons. The van der Waals surface area contributed by atoms with E-state index < -0.39 is 0 Å². The predicted molar refractivity (Wildman–Crippen MR) is 167 cm³/mol. The smallest absolute Gasteiger partial charge is 0.0462 e. The molecular formula is C37H30N2. The summed E-state index contributed by atoms with van der Waals surface area (Å²) >= 11 is 0. The maximum absolute atomic E-state index is 2.28. The third-order valence-corrected chi connectivity index (χ3v) is 7.10. The molecule has 188 valence electrons. The first-order valence-corrected chi connectivity index (χ1v) is 13.3. The van der Waals surface area contributed by atoms with Gasteiger partial charge >= 0.3 is 0 Å². The summed E-state index contributed by atoms with van der Waals surface area (Å²) in [6.45, 7) is 0. The third kappa shape index (κ3) is 5.32. The normalized spacial score (nSPS) is 10.7. The van der Waals surface area contributed by atoms with Gasteiger partial charge in [0.2, 0.25) is 0 Å². The average molecular weight is 503 g/mol. The summed E-state index contributed by atoms with van der Waals surface area (Å²) in [5.41, 5.74) is 10.6. The van der Waals surface area contributed by atoms with E-state index in [-0.39, 0.29) is 0 Å². The van der Waals surface area contributed by atoms with E-state index in [2.05, 4.69) is 175 Å². The number of rotatable bonds is 7. The van der Waals surface area contributed by atoms with Crippen LogP contribution >= 0.6 is 0 Å². The first-order valence-electron chi connectivity index (χ1n) is 13.3. The Bertz CT molecular complexity index is 1570. The van der Waals surface area contributed by atoms with Crippen LogP contribution < -0.4 is 9.80 Å². The molecule has 0 saturated heterocycles. The van der Waals surface area contributed by atoms with Crippen molar-refractivity contribution in [3.8, 4) is 22.3 Å². The van der Waals surface area contributed by atoms with E-state index in [0.717, 1.165) is 28.4 Å². The molecule has 6 rings (SSSR count). The van der Waals surface area contributed by atoms with Gasteiger partial charge in [0.05, 0.1) is 0 Å². The molecule has 0 bridgehead atoms. The Morgan fingerprint density at radius 1 is 0.282 bits per heavy atom. The minimum Gasteiger partial charge on any atom is -0.345 e. The summed E-state index contributed by atoms with van der Waals surface area (Å²) in [6.07, 6.45) is 0. The fraction of sp³-hybridized carbons (Fsp3) is 0.0270. The van der Waals surface area contributed by atoms with Gasteiger partial charge in [0, 0.05) is 35.5 Å². The van der Waals surface area contributed by atoms with Crippen LogP contribution in [0.15, 0.2) is 164 Å². The van der Waals surface area contributed by atoms with E-state index in [9.17, 15) is 0 Å². The molecule has 0 atom stereocenters. The van der Waals surface area contributed by atoms with Gasteiger partial charge in [-0.05, 0) is 82.9 Å². The van der Waals surface area contributed by atoms with Crippen molar-refractivity contribution < 1.29 is 0 Å². The number of anilines is 5. The Morgan fingerprint density at radius 3 is 0.949 bits per heavy atom.